The number of carbonyl (C=O) groups is 1. The van der Waals surface area contributed by atoms with Crippen LogP contribution in [0.4, 0.5) is 5.69 Å². The van der Waals surface area contributed by atoms with E-state index in [1.807, 2.05) is 11.5 Å². The van der Waals surface area contributed by atoms with Gasteiger partial charge in [0.25, 0.3) is 0 Å². The number of nitrogens with zero attached hydrogens (tertiary/aromatic N) is 3. The summed E-state index contributed by atoms with van der Waals surface area (Å²) < 4.78 is 7.78. The summed E-state index contributed by atoms with van der Waals surface area (Å²) in [5.74, 6) is 0.867. The maximum atomic E-state index is 12.4. The predicted molar refractivity (Wildman–Crippen MR) is 132 cm³/mol. The molecule has 2 aromatic carbocycles. The lowest BCUT2D eigenvalue weighted by Gasteiger charge is -2.16. The van der Waals surface area contributed by atoms with Gasteiger partial charge in [0.2, 0.25) is 5.91 Å². The molecule has 1 atom stereocenters. The fourth-order valence-corrected chi connectivity index (χ4v) is 4.38. The highest BCUT2D eigenvalue weighted by atomic mass is 35.5. The number of ether oxygens (including phenoxy) is 1. The van der Waals surface area contributed by atoms with E-state index in [2.05, 4.69) is 22.1 Å². The summed E-state index contributed by atoms with van der Waals surface area (Å²) in [5.41, 5.74) is 0.516. The maximum absolute atomic E-state index is 12.4. The van der Waals surface area contributed by atoms with Gasteiger partial charge < -0.3 is 10.1 Å². The Morgan fingerprint density at radius 2 is 1.88 bits per heavy atom. The molecule has 3 rings (SSSR count). The van der Waals surface area contributed by atoms with Crippen LogP contribution in [0.15, 0.2) is 54.2 Å². The van der Waals surface area contributed by atoms with Crippen LogP contribution >= 0.6 is 58.2 Å². The van der Waals surface area contributed by atoms with E-state index < -0.39 is 6.10 Å². The molecule has 0 saturated carbocycles. The Bertz CT molecular complexity index is 1120. The van der Waals surface area contributed by atoms with Gasteiger partial charge >= 0.3 is 0 Å². The first-order chi connectivity index (χ1) is 15.3. The topological polar surface area (TPSA) is 69.0 Å². The number of thioether (sulfide) groups is 1. The van der Waals surface area contributed by atoms with E-state index >= 15 is 0 Å². The number of amides is 1. The summed E-state index contributed by atoms with van der Waals surface area (Å²) in [6.45, 7) is 6.05. The number of benzene rings is 2. The maximum Gasteiger partial charge on any atom is 0.234 e. The number of nitrogens with one attached hydrogen (secondary N) is 1. The number of carbonyl (C=O) groups excluding carboxylic acids is 1. The van der Waals surface area contributed by atoms with Gasteiger partial charge in [0.05, 0.1) is 10.8 Å². The fourth-order valence-electron chi connectivity index (χ4n) is 2.77. The van der Waals surface area contributed by atoms with Gasteiger partial charge in [-0.3, -0.25) is 9.36 Å². The van der Waals surface area contributed by atoms with Crippen LogP contribution < -0.4 is 10.1 Å². The van der Waals surface area contributed by atoms with Crippen LogP contribution in [0.1, 0.15) is 18.9 Å². The summed E-state index contributed by atoms with van der Waals surface area (Å²) in [7, 11) is 0. The van der Waals surface area contributed by atoms with Crippen LogP contribution in [0.3, 0.4) is 0 Å². The van der Waals surface area contributed by atoms with E-state index in [1.54, 1.807) is 42.5 Å². The molecule has 1 unspecified atom stereocenters. The summed E-state index contributed by atoms with van der Waals surface area (Å²) in [6, 6.07) is 9.80. The lowest BCUT2D eigenvalue weighted by molar-refractivity contribution is -0.113. The Kier molecular flexibility index (Phi) is 8.73. The number of halogens is 4. The minimum atomic E-state index is -0.477. The molecule has 1 heterocycles. The molecule has 32 heavy (non-hydrogen) atoms. The zero-order valence-electron chi connectivity index (χ0n) is 16.8. The van der Waals surface area contributed by atoms with Crippen LogP contribution in [0, 0.1) is 0 Å². The van der Waals surface area contributed by atoms with Crippen LogP contribution in [-0.2, 0) is 11.3 Å². The molecule has 6 nitrogen and oxygen atoms in total. The molecule has 3 aromatic rings. The van der Waals surface area contributed by atoms with E-state index in [4.69, 9.17) is 51.1 Å². The van der Waals surface area contributed by atoms with Crippen molar-refractivity contribution >= 4 is 69.8 Å². The lowest BCUT2D eigenvalue weighted by atomic mass is 10.3. The van der Waals surface area contributed by atoms with Gasteiger partial charge in [-0.15, -0.1) is 16.8 Å². The minimum Gasteiger partial charge on any atom is -0.481 e. The Hall–Kier alpha value is -1.90. The first-order valence-corrected chi connectivity index (χ1v) is 11.8. The summed E-state index contributed by atoms with van der Waals surface area (Å²) in [6.07, 6.45) is 1.24. The van der Waals surface area contributed by atoms with Crippen molar-refractivity contribution < 1.29 is 9.53 Å². The molecule has 0 spiro atoms. The second kappa shape index (κ2) is 11.3. The Morgan fingerprint density at radius 1 is 1.16 bits per heavy atom. The molecule has 0 bridgehead atoms. The Morgan fingerprint density at radius 3 is 2.56 bits per heavy atom. The van der Waals surface area contributed by atoms with Crippen LogP contribution in [0.5, 0.6) is 5.75 Å². The molecular formula is C21H18Cl4N4O2S. The highest BCUT2D eigenvalue weighted by Gasteiger charge is 2.21. The quantitative estimate of drug-likeness (QED) is 0.239. The lowest BCUT2D eigenvalue weighted by Crippen LogP contribution is -2.15. The predicted octanol–water partition coefficient (Wildman–Crippen LogP) is 6.95. The standard InChI is InChI=1S/C21H18Cl4N4O2S/c1-3-6-29-20(12(2)31-18-10-13(22)4-5-17(18)25)27-28-21(29)32-11-19(30)26-16-8-14(23)7-15(24)9-16/h3-5,7-10,12H,1,6,11H2,2H3,(H,26,30). The largest absolute Gasteiger partial charge is 0.481 e. The minimum absolute atomic E-state index is 0.106. The zero-order chi connectivity index (χ0) is 23.3. The van der Waals surface area contributed by atoms with Crippen molar-refractivity contribution in [1.82, 2.24) is 14.8 Å². The van der Waals surface area contributed by atoms with Crippen molar-refractivity contribution in [3.8, 4) is 5.75 Å². The third-order valence-electron chi connectivity index (χ3n) is 4.10. The van der Waals surface area contributed by atoms with E-state index in [0.29, 0.717) is 49.1 Å². The second-order valence-electron chi connectivity index (χ2n) is 6.57. The molecule has 0 aliphatic heterocycles. The Labute approximate surface area is 209 Å². The van der Waals surface area contributed by atoms with Crippen LogP contribution in [-0.4, -0.2) is 26.4 Å². The molecular weight excluding hydrogens is 514 g/mol. The number of rotatable bonds is 9. The van der Waals surface area contributed by atoms with Gasteiger partial charge in [-0.1, -0.05) is 64.2 Å². The van der Waals surface area contributed by atoms with E-state index in [9.17, 15) is 4.79 Å². The SMILES string of the molecule is C=CCn1c(SCC(=O)Nc2cc(Cl)cc(Cl)c2)nnc1C(C)Oc1cc(Cl)ccc1Cl. The van der Waals surface area contributed by atoms with Crippen molar-refractivity contribution in [3.63, 3.8) is 0 Å². The van der Waals surface area contributed by atoms with E-state index in [0.717, 1.165) is 0 Å². The van der Waals surface area contributed by atoms with Gasteiger partial charge in [-0.05, 0) is 37.3 Å². The summed E-state index contributed by atoms with van der Waals surface area (Å²) in [5, 5.41) is 13.6. The molecule has 168 valence electrons. The van der Waals surface area contributed by atoms with Gasteiger partial charge in [0.15, 0.2) is 17.1 Å². The normalized spacial score (nSPS) is 11.8. The van der Waals surface area contributed by atoms with Gasteiger partial charge in [0, 0.05) is 33.4 Å². The number of hydrogen-bond donors (Lipinski definition) is 1. The van der Waals surface area contributed by atoms with Crippen LogP contribution in [0.2, 0.25) is 20.1 Å². The summed E-state index contributed by atoms with van der Waals surface area (Å²) in [4.78, 5) is 12.4. The van der Waals surface area contributed by atoms with E-state index in [1.165, 1.54) is 11.8 Å². The third kappa shape index (κ3) is 6.56. The number of anilines is 1. The molecule has 0 aliphatic carbocycles. The molecule has 0 radical (unpaired) electrons. The molecule has 0 aliphatic rings. The molecule has 0 fully saturated rings. The number of hydrogen-bond acceptors (Lipinski definition) is 5. The highest BCUT2D eigenvalue weighted by Crippen LogP contribution is 2.32. The average molecular weight is 532 g/mol. The monoisotopic (exact) mass is 530 g/mol. The van der Waals surface area contributed by atoms with Crippen molar-refractivity contribution in [3.05, 3.63) is 75.0 Å². The molecule has 1 amide bonds. The van der Waals surface area contributed by atoms with Crippen molar-refractivity contribution in [2.24, 2.45) is 0 Å². The average Bonchev–Trinajstić information content (AvgIpc) is 3.11. The fraction of sp³-hybridized carbons (Fsp3) is 0.190. The number of aromatic nitrogens is 3. The van der Waals surface area contributed by atoms with Crippen molar-refractivity contribution in [1.29, 1.82) is 0 Å². The third-order valence-corrected chi connectivity index (χ3v) is 6.05. The molecule has 0 saturated heterocycles. The van der Waals surface area contributed by atoms with E-state index in [-0.39, 0.29) is 11.7 Å². The first kappa shape index (κ1) is 24.7. The zero-order valence-corrected chi connectivity index (χ0v) is 20.7. The number of allylic oxidation sites excluding steroid dienone is 1. The van der Waals surface area contributed by atoms with Gasteiger partial charge in [0.1, 0.15) is 5.75 Å². The van der Waals surface area contributed by atoms with Gasteiger partial charge in [-0.2, -0.15) is 0 Å². The summed E-state index contributed by atoms with van der Waals surface area (Å²) >= 11 is 25.4. The van der Waals surface area contributed by atoms with Gasteiger partial charge in [-0.25, -0.2) is 0 Å². The van der Waals surface area contributed by atoms with Crippen molar-refractivity contribution in [2.75, 3.05) is 11.1 Å². The molecule has 11 heteroatoms. The van der Waals surface area contributed by atoms with Crippen LogP contribution in [0.25, 0.3) is 0 Å². The van der Waals surface area contributed by atoms with Crippen molar-refractivity contribution in [2.45, 2.75) is 24.7 Å². The smallest absolute Gasteiger partial charge is 0.234 e. The highest BCUT2D eigenvalue weighted by molar-refractivity contribution is 7.99. The molecule has 1 aromatic heterocycles. The Balaban J connectivity index is 1.70. The molecule has 1 N–H and O–H groups in total. The first-order valence-electron chi connectivity index (χ1n) is 9.31. The second-order valence-corrected chi connectivity index (χ2v) is 9.23.